The molecule has 0 aliphatic rings. The monoisotopic (exact) mass is 746 g/mol. The molecule has 0 aromatic carbocycles. The van der Waals surface area contributed by atoms with E-state index in [1.54, 1.807) is 0 Å². The molecular weight excluding hydrogens is 709 g/mol. The summed E-state index contributed by atoms with van der Waals surface area (Å²) in [5.74, 6) is -5.18. The van der Waals surface area contributed by atoms with E-state index in [2.05, 4.69) is 0 Å². The molecular formula is C18H36GdO21. The quantitative estimate of drug-likeness (QED) is 0.0739. The zero-order valence-corrected chi connectivity index (χ0v) is 22.4. The minimum atomic E-state index is -2.20. The Kier molecular flexibility index (Phi) is 27.3. The van der Waals surface area contributed by atoms with Crippen molar-refractivity contribution in [1.82, 2.24) is 0 Å². The Morgan fingerprint density at radius 1 is 0.375 bits per heavy atom. The molecule has 40 heavy (non-hydrogen) atoms. The zero-order chi connectivity index (χ0) is 31.8. The van der Waals surface area contributed by atoms with Crippen LogP contribution in [0.1, 0.15) is 0 Å². The van der Waals surface area contributed by atoms with E-state index in [1.807, 2.05) is 0 Å². The van der Waals surface area contributed by atoms with Gasteiger partial charge in [-0.2, -0.15) is 0 Å². The number of rotatable bonds is 15. The third kappa shape index (κ3) is 17.2. The van der Waals surface area contributed by atoms with Crippen LogP contribution in [0.3, 0.4) is 0 Å². The summed E-state index contributed by atoms with van der Waals surface area (Å²) in [5.41, 5.74) is 0. The van der Waals surface area contributed by atoms with Crippen molar-refractivity contribution in [3.05, 3.63) is 0 Å². The largest absolute Gasteiger partial charge is 0.479 e. The van der Waals surface area contributed by atoms with E-state index in [1.165, 1.54) is 0 Å². The Hall–Kier alpha value is -0.865. The van der Waals surface area contributed by atoms with Gasteiger partial charge in [0.1, 0.15) is 54.9 Å². The molecule has 0 radical (unpaired) electrons. The van der Waals surface area contributed by atoms with Crippen molar-refractivity contribution < 1.29 is 146 Å². The van der Waals surface area contributed by atoms with Gasteiger partial charge >= 0.3 is 17.9 Å². The fourth-order valence-electron chi connectivity index (χ4n) is 2.01. The Morgan fingerprint density at radius 3 is 0.625 bits per heavy atom. The summed E-state index contributed by atoms with van der Waals surface area (Å²) in [4.78, 5) is 30.3. The molecule has 242 valence electrons. The number of aliphatic hydroxyl groups is 15. The van der Waals surface area contributed by atoms with Crippen LogP contribution < -0.4 is 0 Å². The van der Waals surface area contributed by atoms with E-state index in [9.17, 15) is 14.4 Å². The van der Waals surface area contributed by atoms with Crippen LogP contribution in [0, 0.1) is 39.9 Å². The first kappa shape index (κ1) is 46.1. The summed E-state index contributed by atoms with van der Waals surface area (Å²) in [6.07, 6.45) is -23.5. The standard InChI is InChI=1S/3C6H12O7.Gd/c3*7-1-2(8)3(9)4(10)5(11)6(12)13;/h3*2-5,7-11H,1H2,(H,12,13);/t3*2-,3-,4+,5-;/m111./s1. The van der Waals surface area contributed by atoms with Crippen molar-refractivity contribution >= 4 is 17.9 Å². The molecule has 0 heterocycles. The molecule has 0 fully saturated rings. The van der Waals surface area contributed by atoms with Gasteiger partial charge in [0.05, 0.1) is 19.8 Å². The number of hydrogen-bond donors (Lipinski definition) is 18. The van der Waals surface area contributed by atoms with E-state index >= 15 is 0 Å². The minimum Gasteiger partial charge on any atom is -0.479 e. The Morgan fingerprint density at radius 2 is 0.525 bits per heavy atom. The van der Waals surface area contributed by atoms with Gasteiger partial charge in [-0.3, -0.25) is 0 Å². The Labute approximate surface area is 256 Å². The molecule has 18 N–H and O–H groups in total. The zero-order valence-electron chi connectivity index (χ0n) is 20.2. The topological polar surface area (TPSA) is 415 Å². The van der Waals surface area contributed by atoms with Crippen LogP contribution in [0.2, 0.25) is 0 Å². The summed E-state index contributed by atoms with van der Waals surface area (Å²) in [6, 6.07) is 0. The first-order chi connectivity index (χ1) is 17.7. The van der Waals surface area contributed by atoms with Gasteiger partial charge in [-0.15, -0.1) is 0 Å². The average molecular weight is 746 g/mol. The molecule has 0 rings (SSSR count). The molecule has 0 aliphatic carbocycles. The summed E-state index contributed by atoms with van der Waals surface area (Å²) < 4.78 is 0. The van der Waals surface area contributed by atoms with Gasteiger partial charge in [0.25, 0.3) is 0 Å². The second-order valence-electron chi connectivity index (χ2n) is 7.54. The van der Waals surface area contributed by atoms with Gasteiger partial charge in [0, 0.05) is 39.9 Å². The number of aliphatic hydroxyl groups excluding tert-OH is 15. The molecule has 0 spiro atoms. The average Bonchev–Trinajstić information content (AvgIpc) is 2.92. The Balaban J connectivity index is -0.000000240. The van der Waals surface area contributed by atoms with Crippen LogP contribution in [-0.4, -0.2) is 203 Å². The number of carboxylic acids is 3. The second-order valence-corrected chi connectivity index (χ2v) is 7.54. The van der Waals surface area contributed by atoms with Crippen molar-refractivity contribution in [1.29, 1.82) is 0 Å². The number of carboxylic acid groups (broad SMARTS) is 3. The van der Waals surface area contributed by atoms with Gasteiger partial charge in [-0.25, -0.2) is 14.4 Å². The van der Waals surface area contributed by atoms with E-state index in [0.717, 1.165) is 0 Å². The van der Waals surface area contributed by atoms with Gasteiger partial charge in [-0.05, 0) is 0 Å². The fraction of sp³-hybridized carbons (Fsp3) is 0.833. The maximum absolute atomic E-state index is 10.1. The molecule has 0 aromatic rings. The van der Waals surface area contributed by atoms with Crippen molar-refractivity contribution in [2.45, 2.75) is 73.2 Å². The molecule has 0 saturated heterocycles. The number of hydrogen-bond acceptors (Lipinski definition) is 18. The van der Waals surface area contributed by atoms with Gasteiger partial charge in [0.2, 0.25) is 0 Å². The maximum atomic E-state index is 10.1. The van der Waals surface area contributed by atoms with E-state index < -0.39 is 111 Å². The minimum absolute atomic E-state index is 0. The molecule has 21 nitrogen and oxygen atoms in total. The second kappa shape index (κ2) is 23.7. The van der Waals surface area contributed by atoms with Gasteiger partial charge in [-0.1, -0.05) is 0 Å². The van der Waals surface area contributed by atoms with Crippen molar-refractivity contribution in [2.75, 3.05) is 19.8 Å². The van der Waals surface area contributed by atoms with Crippen LogP contribution in [0.15, 0.2) is 0 Å². The van der Waals surface area contributed by atoms with Crippen molar-refractivity contribution in [3.8, 4) is 0 Å². The normalized spacial score (nSPS) is 19.9. The summed E-state index contributed by atoms with van der Waals surface area (Å²) >= 11 is 0. The number of carbonyl (C=O) groups is 3. The number of aliphatic carboxylic acids is 3. The van der Waals surface area contributed by atoms with Crippen LogP contribution in [-0.2, 0) is 14.4 Å². The smallest absolute Gasteiger partial charge is 0.335 e. The van der Waals surface area contributed by atoms with Gasteiger partial charge < -0.3 is 91.9 Å². The molecule has 0 aromatic heterocycles. The van der Waals surface area contributed by atoms with Crippen LogP contribution >= 0.6 is 0 Å². The predicted octanol–water partition coefficient (Wildman–Crippen LogP) is -10.5. The summed E-state index contributed by atoms with van der Waals surface area (Å²) in [7, 11) is 0. The molecule has 12 atom stereocenters. The predicted molar refractivity (Wildman–Crippen MR) is 116 cm³/mol. The first-order valence-electron chi connectivity index (χ1n) is 10.4. The molecule has 0 unspecified atom stereocenters. The third-order valence-corrected chi connectivity index (χ3v) is 4.52. The molecule has 22 heteroatoms. The SMILES string of the molecule is O=C(O)[C@H](O)[C@@H](O)[C@H](O)[C@H](O)CO.O=C(O)[C@H](O)[C@@H](O)[C@H](O)[C@H](O)CO.O=C(O)[C@H](O)[C@@H](O)[C@H](O)[C@H](O)CO.[Gd]. The van der Waals surface area contributed by atoms with E-state index in [4.69, 9.17) is 91.9 Å². The fourth-order valence-corrected chi connectivity index (χ4v) is 2.01. The van der Waals surface area contributed by atoms with Crippen molar-refractivity contribution in [3.63, 3.8) is 0 Å². The molecule has 0 amide bonds. The van der Waals surface area contributed by atoms with Crippen molar-refractivity contribution in [2.24, 2.45) is 0 Å². The van der Waals surface area contributed by atoms with Gasteiger partial charge in [0.15, 0.2) is 18.3 Å². The Bertz CT molecular complexity index is 608. The van der Waals surface area contributed by atoms with Crippen LogP contribution in [0.25, 0.3) is 0 Å². The molecule has 0 bridgehead atoms. The first-order valence-corrected chi connectivity index (χ1v) is 10.4. The van der Waals surface area contributed by atoms with E-state index in [0.29, 0.717) is 0 Å². The van der Waals surface area contributed by atoms with E-state index in [-0.39, 0.29) is 39.9 Å². The van der Waals surface area contributed by atoms with Crippen LogP contribution in [0.4, 0.5) is 0 Å². The molecule has 0 saturated carbocycles. The summed E-state index contributed by atoms with van der Waals surface area (Å²) in [6.45, 7) is -2.53. The third-order valence-electron chi connectivity index (χ3n) is 4.52. The maximum Gasteiger partial charge on any atom is 0.335 e. The summed E-state index contributed by atoms with van der Waals surface area (Å²) in [5, 5.41) is 155. The molecule has 0 aliphatic heterocycles. The van der Waals surface area contributed by atoms with Crippen LogP contribution in [0.5, 0.6) is 0 Å².